The number of ketones is 1. The highest BCUT2D eigenvalue weighted by molar-refractivity contribution is 5.79. The topological polar surface area (TPSA) is 50.2 Å². The first-order valence-electron chi connectivity index (χ1n) is 5.46. The molecule has 1 fully saturated rings. The Morgan fingerprint density at radius 1 is 1.35 bits per heavy atom. The minimum absolute atomic E-state index is 0.133. The van der Waals surface area contributed by atoms with Gasteiger partial charge in [0.25, 0.3) is 0 Å². The molecule has 1 saturated carbocycles. The van der Waals surface area contributed by atoms with Crippen LogP contribution in [0.2, 0.25) is 0 Å². The summed E-state index contributed by atoms with van der Waals surface area (Å²) < 4.78 is 13.4. The number of nitrogens with zero attached hydrogens (tertiary/aromatic N) is 1. The van der Waals surface area contributed by atoms with Crippen molar-refractivity contribution >= 4 is 5.78 Å². The van der Waals surface area contributed by atoms with Gasteiger partial charge in [0.15, 0.2) is 0 Å². The number of hydrogen-bond donors (Lipinski definition) is 1. The number of carbonyl (C=O) groups excluding carboxylic acids is 1. The molecule has 1 heterocycles. The summed E-state index contributed by atoms with van der Waals surface area (Å²) in [6.07, 6.45) is 3.77. The lowest BCUT2D eigenvalue weighted by Gasteiger charge is -2.31. The summed E-state index contributed by atoms with van der Waals surface area (Å²) in [6, 6.07) is 1.48. The van der Waals surface area contributed by atoms with Crippen molar-refractivity contribution in [1.82, 2.24) is 4.98 Å². The number of carbonyl (C=O) groups is 1. The standard InChI is InChI=1S/C11H12FNO2.C2H4/c12-10-7-13-6-3-9(10)11(15)4-1-8(14)2-5-11;1-2/h3,6-7,15H,1-2,4-5H2;1-2H2. The molecule has 2 rings (SSSR count). The van der Waals surface area contributed by atoms with Gasteiger partial charge in [-0.2, -0.15) is 0 Å². The van der Waals surface area contributed by atoms with Gasteiger partial charge in [0.2, 0.25) is 0 Å². The van der Waals surface area contributed by atoms with Crippen molar-refractivity contribution in [3.8, 4) is 0 Å². The Hall–Kier alpha value is -1.55. The number of aliphatic hydroxyl groups is 1. The van der Waals surface area contributed by atoms with E-state index in [1.807, 2.05) is 0 Å². The summed E-state index contributed by atoms with van der Waals surface area (Å²) in [6.45, 7) is 6.00. The largest absolute Gasteiger partial charge is 0.385 e. The monoisotopic (exact) mass is 237 g/mol. The second-order valence-electron chi connectivity index (χ2n) is 3.93. The fourth-order valence-electron chi connectivity index (χ4n) is 1.96. The maximum absolute atomic E-state index is 13.4. The van der Waals surface area contributed by atoms with Gasteiger partial charge < -0.3 is 5.11 Å². The van der Waals surface area contributed by atoms with Crippen LogP contribution in [-0.4, -0.2) is 15.9 Å². The second-order valence-corrected chi connectivity index (χ2v) is 3.93. The molecule has 1 N–H and O–H groups in total. The average molecular weight is 237 g/mol. The molecule has 17 heavy (non-hydrogen) atoms. The van der Waals surface area contributed by atoms with E-state index in [0.29, 0.717) is 25.7 Å². The molecule has 1 aromatic heterocycles. The van der Waals surface area contributed by atoms with Crippen LogP contribution in [-0.2, 0) is 10.4 Å². The molecule has 0 atom stereocenters. The summed E-state index contributed by atoms with van der Waals surface area (Å²) >= 11 is 0. The normalized spacial score (nSPS) is 18.1. The van der Waals surface area contributed by atoms with Crippen LogP contribution in [0.1, 0.15) is 31.2 Å². The van der Waals surface area contributed by atoms with E-state index in [2.05, 4.69) is 18.1 Å². The molecule has 0 bridgehead atoms. The van der Waals surface area contributed by atoms with Gasteiger partial charge in [0, 0.05) is 24.6 Å². The van der Waals surface area contributed by atoms with Crippen LogP contribution in [0.25, 0.3) is 0 Å². The Kier molecular flexibility index (Phi) is 4.52. The van der Waals surface area contributed by atoms with E-state index < -0.39 is 11.4 Å². The van der Waals surface area contributed by atoms with Gasteiger partial charge in [-0.25, -0.2) is 4.39 Å². The maximum Gasteiger partial charge on any atom is 0.147 e. The molecule has 4 heteroatoms. The average Bonchev–Trinajstić information content (AvgIpc) is 2.36. The highest BCUT2D eigenvalue weighted by Crippen LogP contribution is 2.36. The molecule has 0 aliphatic heterocycles. The van der Waals surface area contributed by atoms with E-state index in [4.69, 9.17) is 0 Å². The number of halogens is 1. The lowest BCUT2D eigenvalue weighted by atomic mass is 9.79. The molecule has 3 nitrogen and oxygen atoms in total. The molecule has 0 spiro atoms. The zero-order valence-corrected chi connectivity index (χ0v) is 9.66. The third-order valence-electron chi connectivity index (χ3n) is 2.91. The molecular formula is C13H16FNO2. The minimum Gasteiger partial charge on any atom is -0.385 e. The van der Waals surface area contributed by atoms with Crippen molar-refractivity contribution < 1.29 is 14.3 Å². The number of aromatic nitrogens is 1. The van der Waals surface area contributed by atoms with Crippen molar-refractivity contribution in [2.24, 2.45) is 0 Å². The molecule has 92 valence electrons. The summed E-state index contributed by atoms with van der Waals surface area (Å²) in [5.74, 6) is -0.372. The molecule has 1 aromatic rings. The zero-order chi connectivity index (χ0) is 12.9. The maximum atomic E-state index is 13.4. The Morgan fingerprint density at radius 2 is 1.94 bits per heavy atom. The van der Waals surface area contributed by atoms with E-state index in [1.54, 1.807) is 0 Å². The van der Waals surface area contributed by atoms with Gasteiger partial charge >= 0.3 is 0 Å². The van der Waals surface area contributed by atoms with Crippen molar-refractivity contribution in [2.45, 2.75) is 31.3 Å². The Morgan fingerprint density at radius 3 is 2.47 bits per heavy atom. The Bertz CT molecular complexity index is 396. The van der Waals surface area contributed by atoms with E-state index >= 15 is 0 Å². The van der Waals surface area contributed by atoms with Crippen LogP contribution >= 0.6 is 0 Å². The third kappa shape index (κ3) is 2.97. The Labute approximate surface area is 100 Å². The molecule has 1 aliphatic carbocycles. The molecular weight excluding hydrogens is 221 g/mol. The number of rotatable bonds is 1. The predicted octanol–water partition coefficient (Wildman–Crippen LogP) is 2.35. The summed E-state index contributed by atoms with van der Waals surface area (Å²) in [5.41, 5.74) is -0.939. The first-order valence-corrected chi connectivity index (χ1v) is 5.46. The smallest absolute Gasteiger partial charge is 0.147 e. The van der Waals surface area contributed by atoms with Gasteiger partial charge in [-0.3, -0.25) is 9.78 Å². The van der Waals surface area contributed by atoms with Crippen LogP contribution < -0.4 is 0 Å². The number of hydrogen-bond acceptors (Lipinski definition) is 3. The molecule has 0 aromatic carbocycles. The first kappa shape index (κ1) is 13.5. The van der Waals surface area contributed by atoms with Crippen LogP contribution in [0.3, 0.4) is 0 Å². The lowest BCUT2D eigenvalue weighted by molar-refractivity contribution is -0.125. The highest BCUT2D eigenvalue weighted by Gasteiger charge is 2.35. The van der Waals surface area contributed by atoms with Crippen molar-refractivity contribution in [3.05, 3.63) is 43.0 Å². The van der Waals surface area contributed by atoms with Gasteiger partial charge in [0.1, 0.15) is 11.6 Å². The predicted molar refractivity (Wildman–Crippen MR) is 62.8 cm³/mol. The number of Topliss-reactive ketones (excluding diaryl/α,β-unsaturated/α-hetero) is 1. The van der Waals surface area contributed by atoms with Crippen LogP contribution in [0.5, 0.6) is 0 Å². The third-order valence-corrected chi connectivity index (χ3v) is 2.91. The first-order chi connectivity index (χ1) is 8.12. The summed E-state index contributed by atoms with van der Waals surface area (Å²) in [5, 5.41) is 10.2. The van der Waals surface area contributed by atoms with Crippen molar-refractivity contribution in [2.75, 3.05) is 0 Å². The molecule has 0 amide bonds. The van der Waals surface area contributed by atoms with Gasteiger partial charge in [-0.05, 0) is 18.9 Å². The zero-order valence-electron chi connectivity index (χ0n) is 9.66. The SMILES string of the molecule is C=C.O=C1CCC(O)(c2ccncc2F)CC1. The van der Waals surface area contributed by atoms with Gasteiger partial charge in [-0.15, -0.1) is 13.2 Å². The summed E-state index contributed by atoms with van der Waals surface area (Å²) in [4.78, 5) is 14.7. The fraction of sp³-hybridized carbons (Fsp3) is 0.385. The van der Waals surface area contributed by atoms with Gasteiger partial charge in [-0.1, -0.05) is 0 Å². The fourth-order valence-corrected chi connectivity index (χ4v) is 1.96. The molecule has 0 saturated heterocycles. The van der Waals surface area contributed by atoms with E-state index in [9.17, 15) is 14.3 Å². The van der Waals surface area contributed by atoms with E-state index in [1.165, 1.54) is 12.3 Å². The van der Waals surface area contributed by atoms with Crippen LogP contribution in [0, 0.1) is 5.82 Å². The number of pyridine rings is 1. The Balaban J connectivity index is 0.000000686. The second kappa shape index (κ2) is 5.68. The molecule has 0 unspecified atom stereocenters. The van der Waals surface area contributed by atoms with Crippen molar-refractivity contribution in [3.63, 3.8) is 0 Å². The van der Waals surface area contributed by atoms with Crippen molar-refractivity contribution in [1.29, 1.82) is 0 Å². The van der Waals surface area contributed by atoms with Gasteiger partial charge in [0.05, 0.1) is 11.8 Å². The molecule has 1 aliphatic rings. The van der Waals surface area contributed by atoms with Crippen LogP contribution in [0.4, 0.5) is 4.39 Å². The quantitative estimate of drug-likeness (QED) is 0.763. The lowest BCUT2D eigenvalue weighted by Crippen LogP contribution is -2.32. The van der Waals surface area contributed by atoms with E-state index in [0.717, 1.165) is 6.20 Å². The van der Waals surface area contributed by atoms with Crippen LogP contribution in [0.15, 0.2) is 31.6 Å². The highest BCUT2D eigenvalue weighted by atomic mass is 19.1. The summed E-state index contributed by atoms with van der Waals surface area (Å²) in [7, 11) is 0. The van der Waals surface area contributed by atoms with E-state index in [-0.39, 0.29) is 11.3 Å². The molecule has 0 radical (unpaired) electrons. The minimum atomic E-state index is -1.19.